The lowest BCUT2D eigenvalue weighted by atomic mass is 10.1. The molecule has 2 aromatic carbocycles. The molecule has 2 aromatic rings. The standard InChI is InChI=1S/C19H17F3N2O4S/c20-19(21,22)15-6-4-5-14(13-15)17(25)18(26)23-9-11-24(12-10-23)29(27,28)16-7-2-1-3-8-16/h1-8,13H,9-12H2. The molecule has 1 heterocycles. The Kier molecular flexibility index (Phi) is 5.76. The van der Waals surface area contributed by atoms with Crippen LogP contribution >= 0.6 is 0 Å². The highest BCUT2D eigenvalue weighted by atomic mass is 32.2. The maximum absolute atomic E-state index is 12.8. The van der Waals surface area contributed by atoms with Crippen LogP contribution in [0.3, 0.4) is 0 Å². The number of hydrogen-bond acceptors (Lipinski definition) is 4. The molecule has 0 saturated carbocycles. The van der Waals surface area contributed by atoms with Crippen LogP contribution in [0.1, 0.15) is 15.9 Å². The molecule has 1 saturated heterocycles. The number of halogens is 3. The Bertz CT molecular complexity index is 1020. The quantitative estimate of drug-likeness (QED) is 0.556. The first kappa shape index (κ1) is 21.0. The van der Waals surface area contributed by atoms with Gasteiger partial charge >= 0.3 is 6.18 Å². The maximum atomic E-state index is 12.8. The molecule has 0 spiro atoms. The van der Waals surface area contributed by atoms with Crippen LogP contribution in [0.5, 0.6) is 0 Å². The molecule has 0 unspecified atom stereocenters. The predicted octanol–water partition coefficient (Wildman–Crippen LogP) is 2.42. The van der Waals surface area contributed by atoms with E-state index >= 15 is 0 Å². The second-order valence-electron chi connectivity index (χ2n) is 6.42. The van der Waals surface area contributed by atoms with E-state index in [0.29, 0.717) is 6.07 Å². The minimum atomic E-state index is -4.63. The molecular formula is C19H17F3N2O4S. The number of amides is 1. The number of sulfonamides is 1. The van der Waals surface area contributed by atoms with Crippen molar-refractivity contribution in [2.24, 2.45) is 0 Å². The summed E-state index contributed by atoms with van der Waals surface area (Å²) < 4.78 is 64.8. The van der Waals surface area contributed by atoms with E-state index < -0.39 is 33.5 Å². The van der Waals surface area contributed by atoms with E-state index in [1.54, 1.807) is 18.2 Å². The molecule has 0 radical (unpaired) electrons. The van der Waals surface area contributed by atoms with Crippen LogP contribution in [0.15, 0.2) is 59.5 Å². The molecule has 0 bridgehead atoms. The van der Waals surface area contributed by atoms with Crippen LogP contribution in [-0.2, 0) is 21.0 Å². The maximum Gasteiger partial charge on any atom is 0.416 e. The molecular weight excluding hydrogens is 409 g/mol. The molecule has 10 heteroatoms. The molecule has 6 nitrogen and oxygen atoms in total. The Labute approximate surface area is 165 Å². The van der Waals surface area contributed by atoms with Gasteiger partial charge in [0.25, 0.3) is 5.91 Å². The molecule has 0 atom stereocenters. The smallest absolute Gasteiger partial charge is 0.333 e. The Hall–Kier alpha value is -2.72. The fraction of sp³-hybridized carbons (Fsp3) is 0.263. The van der Waals surface area contributed by atoms with Gasteiger partial charge in [0, 0.05) is 31.7 Å². The van der Waals surface area contributed by atoms with E-state index in [-0.39, 0.29) is 36.6 Å². The van der Waals surface area contributed by atoms with E-state index in [1.807, 2.05) is 0 Å². The van der Waals surface area contributed by atoms with Gasteiger partial charge in [0.15, 0.2) is 0 Å². The fourth-order valence-electron chi connectivity index (χ4n) is 2.98. The third-order valence-corrected chi connectivity index (χ3v) is 6.47. The minimum absolute atomic E-state index is 0.0150. The van der Waals surface area contributed by atoms with Crippen molar-refractivity contribution in [1.82, 2.24) is 9.21 Å². The first-order chi connectivity index (χ1) is 13.6. The van der Waals surface area contributed by atoms with E-state index in [2.05, 4.69) is 0 Å². The Morgan fingerprint density at radius 3 is 2.07 bits per heavy atom. The third kappa shape index (κ3) is 4.48. The van der Waals surface area contributed by atoms with Crippen LogP contribution in [-0.4, -0.2) is 55.5 Å². The summed E-state index contributed by atoms with van der Waals surface area (Å²) >= 11 is 0. The lowest BCUT2D eigenvalue weighted by Gasteiger charge is -2.33. The normalized spacial score (nSPS) is 15.9. The summed E-state index contributed by atoms with van der Waals surface area (Å²) in [5.41, 5.74) is -1.38. The third-order valence-electron chi connectivity index (χ3n) is 4.55. The highest BCUT2D eigenvalue weighted by Crippen LogP contribution is 2.29. The van der Waals surface area contributed by atoms with Crippen molar-refractivity contribution < 1.29 is 31.2 Å². The number of benzene rings is 2. The summed E-state index contributed by atoms with van der Waals surface area (Å²) in [6.45, 7) is -0.0944. The Morgan fingerprint density at radius 1 is 0.862 bits per heavy atom. The molecule has 0 aromatic heterocycles. The number of Topliss-reactive ketones (excluding diaryl/α,β-unsaturated/α-hetero) is 1. The number of rotatable bonds is 4. The summed E-state index contributed by atoms with van der Waals surface area (Å²) in [5.74, 6) is -2.02. The van der Waals surface area contributed by atoms with Gasteiger partial charge in [-0.05, 0) is 24.3 Å². The highest BCUT2D eigenvalue weighted by Gasteiger charge is 2.34. The molecule has 1 aliphatic rings. The number of carbonyl (C=O) groups excluding carboxylic acids is 2. The van der Waals surface area contributed by atoms with Crippen molar-refractivity contribution in [2.75, 3.05) is 26.2 Å². The first-order valence-electron chi connectivity index (χ1n) is 8.67. The van der Waals surface area contributed by atoms with E-state index in [4.69, 9.17) is 0 Å². The van der Waals surface area contributed by atoms with Gasteiger partial charge in [-0.15, -0.1) is 0 Å². The average Bonchev–Trinajstić information content (AvgIpc) is 2.73. The highest BCUT2D eigenvalue weighted by molar-refractivity contribution is 7.89. The molecule has 1 fully saturated rings. The van der Waals surface area contributed by atoms with E-state index in [0.717, 1.165) is 23.1 Å². The van der Waals surface area contributed by atoms with Crippen LogP contribution in [0, 0.1) is 0 Å². The van der Waals surface area contributed by atoms with E-state index in [9.17, 15) is 31.2 Å². The van der Waals surface area contributed by atoms with Crippen molar-refractivity contribution in [3.8, 4) is 0 Å². The lowest BCUT2D eigenvalue weighted by molar-refractivity contribution is -0.137. The zero-order valence-corrected chi connectivity index (χ0v) is 15.9. The molecule has 3 rings (SSSR count). The number of hydrogen-bond donors (Lipinski definition) is 0. The largest absolute Gasteiger partial charge is 0.416 e. The summed E-state index contributed by atoms with van der Waals surface area (Å²) in [5, 5.41) is 0. The van der Waals surface area contributed by atoms with Crippen LogP contribution in [0.25, 0.3) is 0 Å². The second-order valence-corrected chi connectivity index (χ2v) is 8.35. The van der Waals surface area contributed by atoms with Crippen LogP contribution in [0.2, 0.25) is 0 Å². The van der Waals surface area contributed by atoms with Crippen molar-refractivity contribution in [3.05, 3.63) is 65.7 Å². The molecule has 0 N–H and O–H groups in total. The van der Waals surface area contributed by atoms with Gasteiger partial charge in [0.1, 0.15) is 0 Å². The molecule has 1 amide bonds. The topological polar surface area (TPSA) is 74.8 Å². The number of carbonyl (C=O) groups is 2. The monoisotopic (exact) mass is 426 g/mol. The van der Waals surface area contributed by atoms with Gasteiger partial charge in [0.05, 0.1) is 10.5 Å². The first-order valence-corrected chi connectivity index (χ1v) is 10.1. The summed E-state index contributed by atoms with van der Waals surface area (Å²) in [6, 6.07) is 11.5. The zero-order valence-electron chi connectivity index (χ0n) is 15.1. The number of ketones is 1. The van der Waals surface area contributed by atoms with Gasteiger partial charge < -0.3 is 4.90 Å². The SMILES string of the molecule is O=C(C(=O)N1CCN(S(=O)(=O)c2ccccc2)CC1)c1cccc(C(F)(F)F)c1. The van der Waals surface area contributed by atoms with Gasteiger partial charge in [-0.3, -0.25) is 9.59 Å². The van der Waals surface area contributed by atoms with Crippen molar-refractivity contribution in [3.63, 3.8) is 0 Å². The average molecular weight is 426 g/mol. The van der Waals surface area contributed by atoms with Crippen molar-refractivity contribution >= 4 is 21.7 Å². The van der Waals surface area contributed by atoms with Crippen LogP contribution < -0.4 is 0 Å². The zero-order chi connectivity index (χ0) is 21.2. The number of alkyl halides is 3. The van der Waals surface area contributed by atoms with Crippen LogP contribution in [0.4, 0.5) is 13.2 Å². The molecule has 1 aliphatic heterocycles. The van der Waals surface area contributed by atoms with Gasteiger partial charge in [-0.25, -0.2) is 8.42 Å². The predicted molar refractivity (Wildman–Crippen MR) is 97.6 cm³/mol. The van der Waals surface area contributed by atoms with Crippen molar-refractivity contribution in [1.29, 1.82) is 0 Å². The number of piperazine rings is 1. The Balaban J connectivity index is 1.68. The fourth-order valence-corrected chi connectivity index (χ4v) is 4.42. The van der Waals surface area contributed by atoms with E-state index in [1.165, 1.54) is 16.4 Å². The van der Waals surface area contributed by atoms with Gasteiger partial charge in [0.2, 0.25) is 15.8 Å². The summed E-state index contributed by atoms with van der Waals surface area (Å²) in [6.07, 6.45) is -4.63. The van der Waals surface area contributed by atoms with Gasteiger partial charge in [-0.1, -0.05) is 30.3 Å². The Morgan fingerprint density at radius 2 is 1.48 bits per heavy atom. The van der Waals surface area contributed by atoms with Gasteiger partial charge in [-0.2, -0.15) is 17.5 Å². The summed E-state index contributed by atoms with van der Waals surface area (Å²) in [7, 11) is -3.72. The number of nitrogens with zero attached hydrogens (tertiary/aromatic N) is 2. The lowest BCUT2D eigenvalue weighted by Crippen LogP contribution is -2.52. The summed E-state index contributed by atoms with van der Waals surface area (Å²) in [4.78, 5) is 26.0. The molecule has 0 aliphatic carbocycles. The second kappa shape index (κ2) is 7.96. The molecule has 29 heavy (non-hydrogen) atoms. The molecule has 154 valence electrons. The van der Waals surface area contributed by atoms with Crippen molar-refractivity contribution in [2.45, 2.75) is 11.1 Å². The minimum Gasteiger partial charge on any atom is -0.333 e.